The molecule has 0 heterocycles. The third-order valence-electron chi connectivity index (χ3n) is 12.9. The summed E-state index contributed by atoms with van der Waals surface area (Å²) in [6, 6.07) is 69.6. The maximum atomic E-state index is 12.3. The van der Waals surface area contributed by atoms with Crippen molar-refractivity contribution in [2.24, 2.45) is 5.73 Å². The fourth-order valence-corrected chi connectivity index (χ4v) is 9.19. The van der Waals surface area contributed by atoms with Crippen LogP contribution in [0.15, 0.2) is 212 Å². The lowest BCUT2D eigenvalue weighted by Crippen LogP contribution is -2.05. The summed E-state index contributed by atoms with van der Waals surface area (Å²) in [6.07, 6.45) is 11.9. The summed E-state index contributed by atoms with van der Waals surface area (Å²) in [5.41, 5.74) is 17.0. The van der Waals surface area contributed by atoms with Gasteiger partial charge in [-0.25, -0.2) is 4.79 Å². The van der Waals surface area contributed by atoms with Gasteiger partial charge in [0, 0.05) is 18.5 Å². The van der Waals surface area contributed by atoms with Gasteiger partial charge in [-0.1, -0.05) is 243 Å². The zero-order chi connectivity index (χ0) is 51.2. The van der Waals surface area contributed by atoms with Crippen molar-refractivity contribution in [1.29, 1.82) is 0 Å². The zero-order valence-corrected chi connectivity index (χ0v) is 43.0. The first-order chi connectivity index (χ1) is 34.8. The van der Waals surface area contributed by atoms with Crippen molar-refractivity contribution in [1.82, 2.24) is 0 Å². The molecule has 3 atom stereocenters. The van der Waals surface area contributed by atoms with E-state index in [1.165, 1.54) is 91.4 Å². The quantitative estimate of drug-likeness (QED) is 0.0841. The number of unbranched alkanes of at least 4 members (excludes halogenated alkanes) is 1. The molecule has 9 aromatic carbocycles. The first-order valence-corrected chi connectivity index (χ1v) is 25.3. The number of benzene rings is 9. The van der Waals surface area contributed by atoms with Crippen LogP contribution in [0.4, 0.5) is 0 Å². The molecule has 4 nitrogen and oxygen atoms in total. The van der Waals surface area contributed by atoms with Crippen LogP contribution in [-0.2, 0) is 16.0 Å². The summed E-state index contributed by atoms with van der Waals surface area (Å²) in [5.74, 6) is 0.0674. The van der Waals surface area contributed by atoms with Crippen LogP contribution in [0.25, 0.3) is 44.5 Å². The second-order valence-corrected chi connectivity index (χ2v) is 19.0. The van der Waals surface area contributed by atoms with E-state index in [1.54, 1.807) is 12.2 Å². The highest BCUT2D eigenvalue weighted by molar-refractivity contribution is 5.95. The van der Waals surface area contributed by atoms with Gasteiger partial charge in [0.15, 0.2) is 5.78 Å². The Kier molecular flexibility index (Phi) is 20.6. The highest BCUT2D eigenvalue weighted by atomic mass is 16.4. The number of carbonyl (C=O) groups excluding carboxylic acids is 1. The molecule has 0 aromatic heterocycles. The topological polar surface area (TPSA) is 80.4 Å². The number of fused-ring (bicyclic) bond motifs is 3. The van der Waals surface area contributed by atoms with Crippen molar-refractivity contribution in [2.75, 3.05) is 0 Å². The van der Waals surface area contributed by atoms with Gasteiger partial charge < -0.3 is 10.8 Å². The second-order valence-electron chi connectivity index (χ2n) is 19.0. The molecule has 0 saturated heterocycles. The average molecular weight is 950 g/mol. The number of nitrogens with two attached hydrogens (primary N) is 1. The SMILES string of the molecule is CC(N)c1cccc2ccccc12.Cc1cccc(C=CC(=O)CC(C)c2cccc3ccccc23)c1.Cc1cccc(C=CC(=O)O)c1.Cc1cccc(CCCCC(C)c2cccc3ccccc23)c1. The molecule has 9 aromatic rings. The first-order valence-electron chi connectivity index (χ1n) is 25.3. The van der Waals surface area contributed by atoms with Crippen LogP contribution in [0.3, 0.4) is 0 Å². The minimum atomic E-state index is -0.920. The number of aliphatic carboxylic acids is 1. The van der Waals surface area contributed by atoms with Crippen LogP contribution >= 0.6 is 0 Å². The molecular weight excluding hydrogens is 879 g/mol. The van der Waals surface area contributed by atoms with E-state index in [4.69, 9.17) is 10.8 Å². The number of hydrogen-bond acceptors (Lipinski definition) is 3. The lowest BCUT2D eigenvalue weighted by Gasteiger charge is -2.14. The van der Waals surface area contributed by atoms with Crippen molar-refractivity contribution in [3.8, 4) is 0 Å². The fraction of sp³-hybridized carbons (Fsp3) is 0.206. The van der Waals surface area contributed by atoms with Gasteiger partial charge in [-0.05, 0) is 137 Å². The summed E-state index contributed by atoms with van der Waals surface area (Å²) in [5, 5.41) is 16.1. The van der Waals surface area contributed by atoms with E-state index in [0.29, 0.717) is 12.3 Å². The number of rotatable bonds is 14. The minimum Gasteiger partial charge on any atom is -0.478 e. The first kappa shape index (κ1) is 53.7. The Hall–Kier alpha value is -7.66. The molecule has 0 bridgehead atoms. The van der Waals surface area contributed by atoms with Crippen LogP contribution in [0.2, 0.25) is 0 Å². The number of allylic oxidation sites excluding steroid dienone is 1. The molecule has 0 aliphatic rings. The van der Waals surface area contributed by atoms with Gasteiger partial charge in [-0.3, -0.25) is 4.79 Å². The van der Waals surface area contributed by atoms with Crippen molar-refractivity contribution >= 4 is 56.2 Å². The van der Waals surface area contributed by atoms with Gasteiger partial charge in [0.25, 0.3) is 0 Å². The highest BCUT2D eigenvalue weighted by Gasteiger charge is 2.13. The number of ketones is 1. The average Bonchev–Trinajstić information content (AvgIpc) is 3.38. The normalized spacial score (nSPS) is 12.3. The Bertz CT molecular complexity index is 3220. The maximum Gasteiger partial charge on any atom is 0.328 e. The number of carboxylic acid groups (broad SMARTS) is 1. The van der Waals surface area contributed by atoms with E-state index in [1.807, 2.05) is 74.5 Å². The highest BCUT2D eigenvalue weighted by Crippen LogP contribution is 2.30. The molecule has 72 heavy (non-hydrogen) atoms. The van der Waals surface area contributed by atoms with Crippen molar-refractivity contribution in [3.63, 3.8) is 0 Å². The Morgan fingerprint density at radius 1 is 0.472 bits per heavy atom. The third kappa shape index (κ3) is 16.7. The van der Waals surface area contributed by atoms with Gasteiger partial charge in [-0.2, -0.15) is 0 Å². The van der Waals surface area contributed by atoms with E-state index in [0.717, 1.165) is 22.8 Å². The van der Waals surface area contributed by atoms with E-state index < -0.39 is 5.97 Å². The van der Waals surface area contributed by atoms with Crippen molar-refractivity contribution in [3.05, 3.63) is 262 Å². The number of hydrogen-bond donors (Lipinski definition) is 2. The van der Waals surface area contributed by atoms with Crippen molar-refractivity contribution < 1.29 is 14.7 Å². The Morgan fingerprint density at radius 3 is 1.38 bits per heavy atom. The second kappa shape index (κ2) is 27.7. The standard InChI is InChI=1S/C23H22O.C23H26.C12H13N.C10H10O2/c1-17-7-5-8-19(15-17)13-14-21(24)16-18(2)22-12-6-10-20-9-3-4-11-23(20)22;1-18-9-7-12-20(17-18)11-4-3-10-19(2)22-16-8-14-21-13-5-6-15-23(21)22;1-9(13)11-8-4-6-10-5-2-3-7-12(10)11;1-8-3-2-4-9(7-8)5-6-10(11)12/h3-15,18H,16H2,1-2H3;5-9,12-17,19H,3-4,10-11H2,1-2H3;2-9H,13H2,1H3;2-7H,1H3,(H,11,12). The monoisotopic (exact) mass is 950 g/mol. The fourth-order valence-electron chi connectivity index (χ4n) is 9.19. The molecule has 0 amide bonds. The smallest absolute Gasteiger partial charge is 0.328 e. The van der Waals surface area contributed by atoms with Crippen LogP contribution < -0.4 is 5.73 Å². The molecular formula is C68H71NO3. The summed E-state index contributed by atoms with van der Waals surface area (Å²) in [4.78, 5) is 22.5. The Balaban J connectivity index is 0.000000164. The predicted octanol–water partition coefficient (Wildman–Crippen LogP) is 17.5. The molecule has 0 aliphatic heterocycles. The van der Waals surface area contributed by atoms with Gasteiger partial charge >= 0.3 is 5.97 Å². The Labute approximate surface area is 428 Å². The summed E-state index contributed by atoms with van der Waals surface area (Å²) >= 11 is 0. The third-order valence-corrected chi connectivity index (χ3v) is 12.9. The molecule has 0 fully saturated rings. The van der Waals surface area contributed by atoms with Crippen LogP contribution in [0, 0.1) is 20.8 Å². The zero-order valence-electron chi connectivity index (χ0n) is 43.0. The summed E-state index contributed by atoms with van der Waals surface area (Å²) < 4.78 is 0. The van der Waals surface area contributed by atoms with E-state index in [-0.39, 0.29) is 17.7 Å². The van der Waals surface area contributed by atoms with E-state index in [2.05, 4.69) is 173 Å². The molecule has 0 spiro atoms. The van der Waals surface area contributed by atoms with Crippen LogP contribution in [0.1, 0.15) is 114 Å². The summed E-state index contributed by atoms with van der Waals surface area (Å²) in [6.45, 7) is 12.7. The van der Waals surface area contributed by atoms with Gasteiger partial charge in [0.05, 0.1) is 0 Å². The van der Waals surface area contributed by atoms with E-state index in [9.17, 15) is 9.59 Å². The predicted molar refractivity (Wildman–Crippen MR) is 308 cm³/mol. The Morgan fingerprint density at radius 2 is 0.889 bits per heavy atom. The summed E-state index contributed by atoms with van der Waals surface area (Å²) in [7, 11) is 0. The molecule has 3 unspecified atom stereocenters. The largest absolute Gasteiger partial charge is 0.478 e. The van der Waals surface area contributed by atoms with Gasteiger partial charge in [0.1, 0.15) is 0 Å². The van der Waals surface area contributed by atoms with Crippen LogP contribution in [0.5, 0.6) is 0 Å². The van der Waals surface area contributed by atoms with Crippen molar-refractivity contribution in [2.45, 2.75) is 91.5 Å². The minimum absolute atomic E-state index is 0.103. The molecule has 3 N–H and O–H groups in total. The molecule has 366 valence electrons. The number of aryl methyl sites for hydroxylation is 4. The van der Waals surface area contributed by atoms with Gasteiger partial charge in [-0.15, -0.1) is 0 Å². The molecule has 0 radical (unpaired) electrons. The number of carboxylic acids is 1. The molecule has 4 heteroatoms. The van der Waals surface area contributed by atoms with Crippen LogP contribution in [-0.4, -0.2) is 16.9 Å². The lowest BCUT2D eigenvalue weighted by atomic mass is 9.90. The lowest BCUT2D eigenvalue weighted by molar-refractivity contribution is -0.131. The van der Waals surface area contributed by atoms with E-state index >= 15 is 0 Å². The van der Waals surface area contributed by atoms with Gasteiger partial charge in [0.2, 0.25) is 0 Å². The molecule has 9 rings (SSSR count). The molecule has 0 saturated carbocycles. The number of carbonyl (C=O) groups is 2. The molecule has 0 aliphatic carbocycles. The maximum absolute atomic E-state index is 12.3.